The number of carbonyl (C=O) groups excluding carboxylic acids is 2. The number of likely N-dealkylation sites (N-methyl/N-ethyl adjacent to an activating group) is 1. The summed E-state index contributed by atoms with van der Waals surface area (Å²) in [7, 11) is 1.69. The van der Waals surface area contributed by atoms with E-state index in [2.05, 4.69) is 19.1 Å². The number of esters is 1. The van der Waals surface area contributed by atoms with Crippen molar-refractivity contribution in [2.45, 2.75) is 19.9 Å². The zero-order valence-corrected chi connectivity index (χ0v) is 16.7. The number of amides is 1. The van der Waals surface area contributed by atoms with Crippen molar-refractivity contribution in [3.8, 4) is 11.5 Å². The topological polar surface area (TPSA) is 65.1 Å². The van der Waals surface area contributed by atoms with Crippen molar-refractivity contribution in [1.29, 1.82) is 0 Å². The zero-order valence-electron chi connectivity index (χ0n) is 16.7. The van der Waals surface area contributed by atoms with Crippen LogP contribution in [-0.4, -0.2) is 43.6 Å². The number of benzene rings is 2. The van der Waals surface area contributed by atoms with E-state index in [1.807, 2.05) is 18.2 Å². The summed E-state index contributed by atoms with van der Waals surface area (Å²) in [5.74, 6) is 0.504. The summed E-state index contributed by atoms with van der Waals surface area (Å²) in [6.07, 6.45) is 3.89. The monoisotopic (exact) mass is 395 g/mol. The van der Waals surface area contributed by atoms with Crippen molar-refractivity contribution in [3.63, 3.8) is 0 Å². The van der Waals surface area contributed by atoms with Crippen LogP contribution in [-0.2, 0) is 27.3 Å². The third-order valence-corrected chi connectivity index (χ3v) is 4.59. The van der Waals surface area contributed by atoms with E-state index >= 15 is 0 Å². The average Bonchev–Trinajstić information content (AvgIpc) is 2.76. The number of ether oxygens (including phenoxy) is 3. The second-order valence-electron chi connectivity index (χ2n) is 6.76. The predicted octanol–water partition coefficient (Wildman–Crippen LogP) is 3.24. The van der Waals surface area contributed by atoms with Crippen molar-refractivity contribution in [2.24, 2.45) is 0 Å². The molecule has 1 amide bonds. The summed E-state index contributed by atoms with van der Waals surface area (Å²) in [5, 5.41) is 0. The Morgan fingerprint density at radius 1 is 1.03 bits per heavy atom. The van der Waals surface area contributed by atoms with Gasteiger partial charge in [-0.25, -0.2) is 4.79 Å². The maximum absolute atomic E-state index is 12.2. The molecule has 2 aromatic rings. The van der Waals surface area contributed by atoms with Crippen LogP contribution in [0.15, 0.2) is 48.5 Å². The third-order valence-electron chi connectivity index (χ3n) is 4.59. The van der Waals surface area contributed by atoms with Crippen LogP contribution in [0.25, 0.3) is 6.08 Å². The third kappa shape index (κ3) is 5.85. The SMILES string of the molecule is CCc1ccc(CN(C)C(=O)COC(=O)/C=C/c2ccc3c(c2)OCCO3)cc1. The molecular formula is C23H25NO5. The quantitative estimate of drug-likeness (QED) is 0.532. The first-order valence-corrected chi connectivity index (χ1v) is 9.61. The fraction of sp³-hybridized carbons (Fsp3) is 0.304. The van der Waals surface area contributed by atoms with E-state index in [1.54, 1.807) is 30.2 Å². The van der Waals surface area contributed by atoms with Crippen LogP contribution < -0.4 is 9.47 Å². The summed E-state index contributed by atoms with van der Waals surface area (Å²) in [5.41, 5.74) is 3.06. The molecule has 0 spiro atoms. The van der Waals surface area contributed by atoms with Crippen molar-refractivity contribution in [2.75, 3.05) is 26.9 Å². The molecule has 1 aliphatic rings. The molecule has 0 N–H and O–H groups in total. The molecule has 0 saturated carbocycles. The highest BCUT2D eigenvalue weighted by atomic mass is 16.6. The molecule has 3 rings (SSSR count). The van der Waals surface area contributed by atoms with Crippen LogP contribution in [0, 0.1) is 0 Å². The summed E-state index contributed by atoms with van der Waals surface area (Å²) < 4.78 is 16.0. The Bertz CT molecular complexity index is 889. The van der Waals surface area contributed by atoms with E-state index in [0.29, 0.717) is 31.3 Å². The Balaban J connectivity index is 1.46. The fourth-order valence-electron chi connectivity index (χ4n) is 2.86. The summed E-state index contributed by atoms with van der Waals surface area (Å²) >= 11 is 0. The minimum Gasteiger partial charge on any atom is -0.486 e. The van der Waals surface area contributed by atoms with Crippen LogP contribution >= 0.6 is 0 Å². The first kappa shape index (κ1) is 20.5. The molecule has 1 heterocycles. The highest BCUT2D eigenvalue weighted by Gasteiger charge is 2.13. The molecule has 0 fully saturated rings. The molecule has 29 heavy (non-hydrogen) atoms. The van der Waals surface area contributed by atoms with E-state index in [4.69, 9.17) is 14.2 Å². The second-order valence-corrected chi connectivity index (χ2v) is 6.76. The first-order chi connectivity index (χ1) is 14.0. The molecule has 6 heteroatoms. The molecule has 0 radical (unpaired) electrons. The second kappa shape index (κ2) is 9.78. The van der Waals surface area contributed by atoms with E-state index in [9.17, 15) is 9.59 Å². The number of carbonyl (C=O) groups is 2. The standard InChI is InChI=1S/C23H25NO5/c1-3-17-4-6-19(7-5-17)15-24(2)22(25)16-29-23(26)11-9-18-8-10-20-21(14-18)28-13-12-27-20/h4-11,14H,3,12-13,15-16H2,1-2H3/b11-9+. The van der Waals surface area contributed by atoms with Crippen LogP contribution in [0.3, 0.4) is 0 Å². The van der Waals surface area contributed by atoms with Gasteiger partial charge in [0.1, 0.15) is 13.2 Å². The van der Waals surface area contributed by atoms with Gasteiger partial charge in [0.15, 0.2) is 18.1 Å². The maximum Gasteiger partial charge on any atom is 0.331 e. The van der Waals surface area contributed by atoms with Crippen LogP contribution in [0.2, 0.25) is 0 Å². The van der Waals surface area contributed by atoms with E-state index in [1.165, 1.54) is 11.6 Å². The molecule has 1 aliphatic heterocycles. The van der Waals surface area contributed by atoms with E-state index in [0.717, 1.165) is 17.5 Å². The van der Waals surface area contributed by atoms with Gasteiger partial charge in [-0.1, -0.05) is 37.3 Å². The number of hydrogen-bond acceptors (Lipinski definition) is 5. The van der Waals surface area contributed by atoms with Crippen molar-refractivity contribution >= 4 is 18.0 Å². The number of rotatable bonds is 7. The fourth-order valence-corrected chi connectivity index (χ4v) is 2.86. The van der Waals surface area contributed by atoms with Gasteiger partial charge in [0.2, 0.25) is 0 Å². The lowest BCUT2D eigenvalue weighted by molar-refractivity contribution is -0.147. The number of nitrogens with zero attached hydrogens (tertiary/aromatic N) is 1. The van der Waals surface area contributed by atoms with Gasteiger partial charge in [-0.05, 0) is 41.3 Å². The highest BCUT2D eigenvalue weighted by Crippen LogP contribution is 2.31. The van der Waals surface area contributed by atoms with Crippen LogP contribution in [0.4, 0.5) is 0 Å². The van der Waals surface area contributed by atoms with Gasteiger partial charge in [-0.15, -0.1) is 0 Å². The largest absolute Gasteiger partial charge is 0.486 e. The first-order valence-electron chi connectivity index (χ1n) is 9.61. The van der Waals surface area contributed by atoms with E-state index < -0.39 is 5.97 Å². The zero-order chi connectivity index (χ0) is 20.6. The Morgan fingerprint density at radius 3 is 2.45 bits per heavy atom. The van der Waals surface area contributed by atoms with Gasteiger partial charge in [0.05, 0.1) is 0 Å². The molecule has 0 unspecified atom stereocenters. The molecule has 0 aliphatic carbocycles. The summed E-state index contributed by atoms with van der Waals surface area (Å²) in [4.78, 5) is 25.7. The molecule has 2 aromatic carbocycles. The van der Waals surface area contributed by atoms with Crippen molar-refractivity contribution < 1.29 is 23.8 Å². The molecule has 0 saturated heterocycles. The smallest absolute Gasteiger partial charge is 0.331 e. The van der Waals surface area contributed by atoms with Gasteiger partial charge < -0.3 is 19.1 Å². The minimum atomic E-state index is -0.575. The van der Waals surface area contributed by atoms with Gasteiger partial charge in [-0.2, -0.15) is 0 Å². The molecular weight excluding hydrogens is 370 g/mol. The lowest BCUT2D eigenvalue weighted by Crippen LogP contribution is -2.30. The normalized spacial score (nSPS) is 12.6. The van der Waals surface area contributed by atoms with Gasteiger partial charge in [-0.3, -0.25) is 4.79 Å². The number of fused-ring (bicyclic) bond motifs is 1. The molecule has 152 valence electrons. The van der Waals surface area contributed by atoms with Gasteiger partial charge >= 0.3 is 5.97 Å². The molecule has 0 aromatic heterocycles. The summed E-state index contributed by atoms with van der Waals surface area (Å²) in [6.45, 7) is 3.30. The van der Waals surface area contributed by atoms with Gasteiger partial charge in [0, 0.05) is 19.7 Å². The molecule has 0 atom stereocenters. The Hall–Kier alpha value is -3.28. The highest BCUT2D eigenvalue weighted by molar-refractivity contribution is 5.89. The van der Waals surface area contributed by atoms with Crippen LogP contribution in [0.5, 0.6) is 11.5 Å². The Morgan fingerprint density at radius 2 is 1.72 bits per heavy atom. The molecule has 0 bridgehead atoms. The Labute approximate surface area is 170 Å². The van der Waals surface area contributed by atoms with E-state index in [-0.39, 0.29) is 12.5 Å². The lowest BCUT2D eigenvalue weighted by atomic mass is 10.1. The van der Waals surface area contributed by atoms with Crippen molar-refractivity contribution in [1.82, 2.24) is 4.90 Å². The maximum atomic E-state index is 12.2. The minimum absolute atomic E-state index is 0.259. The average molecular weight is 395 g/mol. The Kier molecular flexibility index (Phi) is 6.89. The van der Waals surface area contributed by atoms with Gasteiger partial charge in [0.25, 0.3) is 5.91 Å². The lowest BCUT2D eigenvalue weighted by Gasteiger charge is -2.18. The van der Waals surface area contributed by atoms with Crippen LogP contribution in [0.1, 0.15) is 23.6 Å². The predicted molar refractivity (Wildman–Crippen MR) is 110 cm³/mol. The molecule has 6 nitrogen and oxygen atoms in total. The number of aryl methyl sites for hydroxylation is 1. The number of hydrogen-bond donors (Lipinski definition) is 0. The summed E-state index contributed by atoms with van der Waals surface area (Å²) in [6, 6.07) is 13.5. The van der Waals surface area contributed by atoms with Crippen molar-refractivity contribution in [3.05, 3.63) is 65.2 Å².